The van der Waals surface area contributed by atoms with E-state index in [0.29, 0.717) is 27.1 Å². The van der Waals surface area contributed by atoms with E-state index in [-0.39, 0.29) is 10.6 Å². The van der Waals surface area contributed by atoms with Gasteiger partial charge in [-0.25, -0.2) is 9.78 Å². The van der Waals surface area contributed by atoms with Crippen LogP contribution < -0.4 is 4.74 Å². The van der Waals surface area contributed by atoms with Crippen molar-refractivity contribution in [1.82, 2.24) is 4.98 Å². The van der Waals surface area contributed by atoms with Crippen LogP contribution in [-0.4, -0.2) is 25.2 Å². The van der Waals surface area contributed by atoms with Gasteiger partial charge in [-0.05, 0) is 23.8 Å². The standard InChI is InChI=1S/C14H10Cl3NO3/c1-20-13-9(3-8(6-18-13)14(19)21-2)7-4-10(15)12(17)11(16)5-7/h3-6H,1-2H3. The van der Waals surface area contributed by atoms with Crippen molar-refractivity contribution in [3.63, 3.8) is 0 Å². The highest BCUT2D eigenvalue weighted by molar-refractivity contribution is 6.48. The zero-order valence-electron chi connectivity index (χ0n) is 11.1. The Hall–Kier alpha value is -1.49. The van der Waals surface area contributed by atoms with Crippen LogP contribution in [0.2, 0.25) is 15.1 Å². The predicted octanol–water partition coefficient (Wildman–Crippen LogP) is 4.50. The van der Waals surface area contributed by atoms with Gasteiger partial charge in [0.15, 0.2) is 0 Å². The molecule has 4 nitrogen and oxygen atoms in total. The summed E-state index contributed by atoms with van der Waals surface area (Å²) in [6, 6.07) is 4.83. The number of carbonyl (C=O) groups excluding carboxylic acids is 1. The molecule has 1 aromatic heterocycles. The molecular weight excluding hydrogens is 337 g/mol. The van der Waals surface area contributed by atoms with E-state index in [9.17, 15) is 4.79 Å². The molecular formula is C14H10Cl3NO3. The molecule has 2 aromatic rings. The van der Waals surface area contributed by atoms with Crippen molar-refractivity contribution >= 4 is 40.8 Å². The predicted molar refractivity (Wildman–Crippen MR) is 82.6 cm³/mol. The zero-order valence-corrected chi connectivity index (χ0v) is 13.4. The SMILES string of the molecule is COC(=O)c1cnc(OC)c(-c2cc(Cl)c(Cl)c(Cl)c2)c1. The summed E-state index contributed by atoms with van der Waals surface area (Å²) in [6.07, 6.45) is 1.37. The third kappa shape index (κ3) is 3.23. The van der Waals surface area contributed by atoms with Gasteiger partial charge in [0.05, 0.1) is 34.9 Å². The summed E-state index contributed by atoms with van der Waals surface area (Å²) in [5, 5.41) is 0.854. The molecule has 0 unspecified atom stereocenters. The molecule has 0 aliphatic rings. The first-order valence-corrected chi connectivity index (χ1v) is 6.88. The Morgan fingerprint density at radius 1 is 1.10 bits per heavy atom. The molecule has 0 bridgehead atoms. The van der Waals surface area contributed by atoms with Gasteiger partial charge in [-0.3, -0.25) is 0 Å². The minimum Gasteiger partial charge on any atom is -0.481 e. The third-order valence-corrected chi connectivity index (χ3v) is 3.96. The Kier molecular flexibility index (Phi) is 4.93. The van der Waals surface area contributed by atoms with Crippen LogP contribution in [0.1, 0.15) is 10.4 Å². The second kappa shape index (κ2) is 6.52. The molecule has 0 radical (unpaired) electrons. The Balaban J connectivity index is 2.63. The van der Waals surface area contributed by atoms with Gasteiger partial charge in [0, 0.05) is 11.8 Å². The monoisotopic (exact) mass is 345 g/mol. The Morgan fingerprint density at radius 2 is 1.71 bits per heavy atom. The number of hydrogen-bond donors (Lipinski definition) is 0. The maximum absolute atomic E-state index is 11.6. The lowest BCUT2D eigenvalue weighted by molar-refractivity contribution is 0.0600. The van der Waals surface area contributed by atoms with Gasteiger partial charge < -0.3 is 9.47 Å². The van der Waals surface area contributed by atoms with Gasteiger partial charge >= 0.3 is 5.97 Å². The second-order valence-corrected chi connectivity index (χ2v) is 5.22. The first-order valence-electron chi connectivity index (χ1n) is 5.75. The number of esters is 1. The smallest absolute Gasteiger partial charge is 0.339 e. The van der Waals surface area contributed by atoms with Gasteiger partial charge in [-0.15, -0.1) is 0 Å². The van der Waals surface area contributed by atoms with E-state index < -0.39 is 5.97 Å². The molecule has 0 spiro atoms. The average molecular weight is 347 g/mol. The van der Waals surface area contributed by atoms with Crippen LogP contribution >= 0.6 is 34.8 Å². The van der Waals surface area contributed by atoms with E-state index in [0.717, 1.165) is 0 Å². The molecule has 0 N–H and O–H groups in total. The minimum atomic E-state index is -0.502. The number of methoxy groups -OCH3 is 2. The molecule has 1 heterocycles. The van der Waals surface area contributed by atoms with E-state index in [1.807, 2.05) is 0 Å². The highest BCUT2D eigenvalue weighted by atomic mass is 35.5. The summed E-state index contributed by atoms with van der Waals surface area (Å²) < 4.78 is 9.87. The van der Waals surface area contributed by atoms with E-state index in [4.69, 9.17) is 39.5 Å². The first-order chi connectivity index (χ1) is 9.97. The van der Waals surface area contributed by atoms with Crippen LogP contribution in [0.3, 0.4) is 0 Å². The number of halogens is 3. The van der Waals surface area contributed by atoms with E-state index in [1.165, 1.54) is 20.4 Å². The van der Waals surface area contributed by atoms with Crippen molar-refractivity contribution in [3.8, 4) is 17.0 Å². The summed E-state index contributed by atoms with van der Waals surface area (Å²) in [7, 11) is 2.77. The van der Waals surface area contributed by atoms with Crippen LogP contribution in [0.25, 0.3) is 11.1 Å². The number of carbonyl (C=O) groups is 1. The molecule has 21 heavy (non-hydrogen) atoms. The average Bonchev–Trinajstić information content (AvgIpc) is 2.50. The fourth-order valence-corrected chi connectivity index (χ4v) is 2.36. The van der Waals surface area contributed by atoms with Gasteiger partial charge in [0.25, 0.3) is 0 Å². The number of benzene rings is 1. The summed E-state index contributed by atoms with van der Waals surface area (Å²) in [6.45, 7) is 0. The van der Waals surface area contributed by atoms with Crippen LogP contribution in [0, 0.1) is 0 Å². The molecule has 2 rings (SSSR count). The summed E-state index contributed by atoms with van der Waals surface area (Å²) >= 11 is 18.0. The number of pyridine rings is 1. The normalized spacial score (nSPS) is 10.3. The summed E-state index contributed by atoms with van der Waals surface area (Å²) in [5.74, 6) is -0.172. The quantitative estimate of drug-likeness (QED) is 0.606. The number of hydrogen-bond acceptors (Lipinski definition) is 4. The van der Waals surface area contributed by atoms with Gasteiger partial charge in [-0.2, -0.15) is 0 Å². The molecule has 0 aliphatic carbocycles. The van der Waals surface area contributed by atoms with Gasteiger partial charge in [0.2, 0.25) is 5.88 Å². The van der Waals surface area contributed by atoms with E-state index in [2.05, 4.69) is 9.72 Å². The van der Waals surface area contributed by atoms with Crippen molar-refractivity contribution < 1.29 is 14.3 Å². The number of aromatic nitrogens is 1. The third-order valence-electron chi connectivity index (χ3n) is 2.76. The number of rotatable bonds is 3. The maximum Gasteiger partial charge on any atom is 0.339 e. The molecule has 0 fully saturated rings. The van der Waals surface area contributed by atoms with Crippen molar-refractivity contribution in [2.75, 3.05) is 14.2 Å². The highest BCUT2D eigenvalue weighted by Crippen LogP contribution is 2.37. The fraction of sp³-hybridized carbons (Fsp3) is 0.143. The molecule has 0 aliphatic heterocycles. The topological polar surface area (TPSA) is 48.4 Å². The molecule has 0 amide bonds. The fourth-order valence-electron chi connectivity index (χ4n) is 1.76. The molecule has 0 saturated heterocycles. The largest absolute Gasteiger partial charge is 0.481 e. The molecule has 0 atom stereocenters. The molecule has 1 aromatic carbocycles. The van der Waals surface area contributed by atoms with Crippen molar-refractivity contribution in [1.29, 1.82) is 0 Å². The first kappa shape index (κ1) is 15.9. The van der Waals surface area contributed by atoms with Gasteiger partial charge in [0.1, 0.15) is 0 Å². The van der Waals surface area contributed by atoms with Crippen molar-refractivity contribution in [2.24, 2.45) is 0 Å². The van der Waals surface area contributed by atoms with Crippen LogP contribution in [0.4, 0.5) is 0 Å². The maximum atomic E-state index is 11.6. The zero-order chi connectivity index (χ0) is 15.6. The van der Waals surface area contributed by atoms with E-state index >= 15 is 0 Å². The summed E-state index contributed by atoms with van der Waals surface area (Å²) in [5.41, 5.74) is 1.47. The number of ether oxygens (including phenoxy) is 2. The van der Waals surface area contributed by atoms with Crippen LogP contribution in [0.15, 0.2) is 24.4 Å². The Morgan fingerprint density at radius 3 is 2.24 bits per heavy atom. The van der Waals surface area contributed by atoms with E-state index in [1.54, 1.807) is 18.2 Å². The minimum absolute atomic E-state index is 0.262. The Bertz CT molecular complexity index is 681. The van der Waals surface area contributed by atoms with Crippen molar-refractivity contribution in [3.05, 3.63) is 45.0 Å². The second-order valence-electron chi connectivity index (χ2n) is 4.03. The molecule has 7 heteroatoms. The Labute approximate surface area is 136 Å². The molecule has 110 valence electrons. The molecule has 0 saturated carbocycles. The lowest BCUT2D eigenvalue weighted by Gasteiger charge is -2.11. The lowest BCUT2D eigenvalue weighted by atomic mass is 10.1. The lowest BCUT2D eigenvalue weighted by Crippen LogP contribution is -2.03. The number of nitrogens with zero attached hydrogens (tertiary/aromatic N) is 1. The van der Waals surface area contributed by atoms with Gasteiger partial charge in [-0.1, -0.05) is 34.8 Å². The highest BCUT2D eigenvalue weighted by Gasteiger charge is 2.15. The summed E-state index contributed by atoms with van der Waals surface area (Å²) in [4.78, 5) is 15.7. The van der Waals surface area contributed by atoms with Crippen molar-refractivity contribution in [2.45, 2.75) is 0 Å². The van der Waals surface area contributed by atoms with Crippen LogP contribution in [0.5, 0.6) is 5.88 Å². The van der Waals surface area contributed by atoms with Crippen LogP contribution in [-0.2, 0) is 4.74 Å².